The molecule has 2 aliphatic rings. The molecule has 0 aliphatic carbocycles. The average molecular weight is 468 g/mol. The molecule has 2 aromatic heterocycles. The first-order valence-corrected chi connectivity index (χ1v) is 13.1. The second-order valence-corrected chi connectivity index (χ2v) is 11.2. The summed E-state index contributed by atoms with van der Waals surface area (Å²) in [6, 6.07) is 1.59. The zero-order chi connectivity index (χ0) is 22.0. The third kappa shape index (κ3) is 4.84. The fourth-order valence-electron chi connectivity index (χ4n) is 4.24. The molecule has 0 radical (unpaired) electrons. The Morgan fingerprint density at radius 1 is 1.26 bits per heavy atom. The van der Waals surface area contributed by atoms with Gasteiger partial charge < -0.3 is 9.42 Å². The summed E-state index contributed by atoms with van der Waals surface area (Å²) < 4.78 is 33.2. The minimum absolute atomic E-state index is 0.0881. The zero-order valence-corrected chi connectivity index (χ0v) is 19.6. The quantitative estimate of drug-likeness (QED) is 0.641. The van der Waals surface area contributed by atoms with Crippen LogP contribution in [0.4, 0.5) is 0 Å². The summed E-state index contributed by atoms with van der Waals surface area (Å²) >= 11 is 1.14. The molecular formula is C20H29N5O4S2. The van der Waals surface area contributed by atoms with Crippen LogP contribution >= 0.6 is 11.3 Å². The minimum Gasteiger partial charge on any atom is -0.340 e. The lowest BCUT2D eigenvalue weighted by molar-refractivity contribution is -0.138. The number of hydrogen-bond donors (Lipinski definition) is 0. The summed E-state index contributed by atoms with van der Waals surface area (Å²) in [5.41, 5.74) is 0.620. The van der Waals surface area contributed by atoms with Crippen LogP contribution in [-0.4, -0.2) is 84.4 Å². The van der Waals surface area contributed by atoms with E-state index in [-0.39, 0.29) is 22.6 Å². The normalized spacial score (nSPS) is 21.5. The second-order valence-electron chi connectivity index (χ2n) is 8.16. The Morgan fingerprint density at radius 2 is 2.03 bits per heavy atom. The lowest BCUT2D eigenvalue weighted by Crippen LogP contribution is -2.53. The first kappa shape index (κ1) is 22.4. The van der Waals surface area contributed by atoms with Crippen LogP contribution in [0.5, 0.6) is 0 Å². The molecule has 0 bridgehead atoms. The van der Waals surface area contributed by atoms with E-state index in [4.69, 9.17) is 4.52 Å². The van der Waals surface area contributed by atoms with E-state index in [1.165, 1.54) is 4.31 Å². The van der Waals surface area contributed by atoms with Crippen molar-refractivity contribution in [3.05, 3.63) is 17.3 Å². The molecule has 4 heterocycles. The number of amides is 1. The molecule has 0 saturated carbocycles. The number of aryl methyl sites for hydroxylation is 1. The highest BCUT2D eigenvalue weighted by molar-refractivity contribution is 7.91. The fraction of sp³-hybridized carbons (Fsp3) is 0.650. The summed E-state index contributed by atoms with van der Waals surface area (Å²) in [6.45, 7) is 8.81. The van der Waals surface area contributed by atoms with Crippen LogP contribution < -0.4 is 0 Å². The van der Waals surface area contributed by atoms with Crippen LogP contribution in [0.2, 0.25) is 0 Å². The Hall–Kier alpha value is -1.82. The van der Waals surface area contributed by atoms with Crippen LogP contribution in [0.1, 0.15) is 32.1 Å². The Kier molecular flexibility index (Phi) is 6.75. The highest BCUT2D eigenvalue weighted by atomic mass is 32.2. The number of carbonyl (C=O) groups excluding carboxylic acids is 1. The lowest BCUT2D eigenvalue weighted by atomic mass is 9.98. The molecule has 4 rings (SSSR count). The number of hydrogen-bond acceptors (Lipinski definition) is 8. The van der Waals surface area contributed by atoms with Crippen molar-refractivity contribution in [2.24, 2.45) is 5.92 Å². The van der Waals surface area contributed by atoms with Crippen LogP contribution in [0.3, 0.4) is 0 Å². The molecule has 2 saturated heterocycles. The number of nitrogens with zero attached hydrogens (tertiary/aromatic N) is 5. The van der Waals surface area contributed by atoms with Gasteiger partial charge in [0.15, 0.2) is 0 Å². The van der Waals surface area contributed by atoms with E-state index >= 15 is 0 Å². The van der Waals surface area contributed by atoms with Gasteiger partial charge in [-0.25, -0.2) is 8.42 Å². The summed E-state index contributed by atoms with van der Waals surface area (Å²) in [6.07, 6.45) is 2.53. The molecule has 0 aromatic carbocycles. The van der Waals surface area contributed by atoms with E-state index in [2.05, 4.69) is 22.0 Å². The first-order chi connectivity index (χ1) is 14.9. The van der Waals surface area contributed by atoms with Crippen LogP contribution in [-0.2, 0) is 14.8 Å². The fourth-order valence-corrected chi connectivity index (χ4v) is 7.08. The maximum absolute atomic E-state index is 13.2. The van der Waals surface area contributed by atoms with Gasteiger partial charge in [-0.15, -0.1) is 11.3 Å². The van der Waals surface area contributed by atoms with Crippen LogP contribution in [0, 0.1) is 12.8 Å². The molecule has 11 heteroatoms. The van der Waals surface area contributed by atoms with Crippen molar-refractivity contribution in [3.63, 3.8) is 0 Å². The predicted molar refractivity (Wildman–Crippen MR) is 117 cm³/mol. The van der Waals surface area contributed by atoms with Gasteiger partial charge in [-0.05, 0) is 31.9 Å². The van der Waals surface area contributed by atoms with Gasteiger partial charge in [0.1, 0.15) is 4.21 Å². The third-order valence-corrected chi connectivity index (χ3v) is 9.19. The van der Waals surface area contributed by atoms with E-state index in [0.717, 1.165) is 56.9 Å². The summed E-state index contributed by atoms with van der Waals surface area (Å²) in [5, 5.41) is 5.58. The molecule has 31 heavy (non-hydrogen) atoms. The van der Waals surface area contributed by atoms with Gasteiger partial charge >= 0.3 is 0 Å². The SMILES string of the molecule is CCCN1CCN(C(=O)[C@H]2CCCN(S(=O)(=O)c3cc(-c4noc(C)n4)cs3)C2)CC1. The number of piperazine rings is 1. The molecule has 1 atom stereocenters. The van der Waals surface area contributed by atoms with E-state index in [1.54, 1.807) is 18.4 Å². The van der Waals surface area contributed by atoms with Gasteiger partial charge in [0, 0.05) is 57.1 Å². The maximum atomic E-state index is 13.2. The summed E-state index contributed by atoms with van der Waals surface area (Å²) in [7, 11) is -3.67. The maximum Gasteiger partial charge on any atom is 0.252 e. The molecular weight excluding hydrogens is 438 g/mol. The molecule has 0 N–H and O–H groups in total. The predicted octanol–water partition coefficient (Wildman–Crippen LogP) is 2.06. The molecule has 0 unspecified atom stereocenters. The van der Waals surface area contributed by atoms with Gasteiger partial charge in [0.2, 0.25) is 17.6 Å². The molecule has 2 aliphatic heterocycles. The van der Waals surface area contributed by atoms with Gasteiger partial charge in [-0.1, -0.05) is 12.1 Å². The molecule has 9 nitrogen and oxygen atoms in total. The number of carbonyl (C=O) groups is 1. The zero-order valence-electron chi connectivity index (χ0n) is 18.0. The highest BCUT2D eigenvalue weighted by Crippen LogP contribution is 2.31. The first-order valence-electron chi connectivity index (χ1n) is 10.8. The van der Waals surface area contributed by atoms with E-state index in [1.807, 2.05) is 4.90 Å². The number of rotatable bonds is 6. The molecule has 2 fully saturated rings. The highest BCUT2D eigenvalue weighted by Gasteiger charge is 2.36. The Balaban J connectivity index is 1.42. The number of thiophene rings is 1. The van der Waals surface area contributed by atoms with Crippen LogP contribution in [0.25, 0.3) is 11.4 Å². The van der Waals surface area contributed by atoms with Crippen molar-refractivity contribution in [1.29, 1.82) is 0 Å². The van der Waals surface area contributed by atoms with Crippen molar-refractivity contribution in [2.45, 2.75) is 37.3 Å². The van der Waals surface area contributed by atoms with E-state index in [9.17, 15) is 13.2 Å². The van der Waals surface area contributed by atoms with Crippen molar-refractivity contribution in [1.82, 2.24) is 24.2 Å². The lowest BCUT2D eigenvalue weighted by Gasteiger charge is -2.38. The monoisotopic (exact) mass is 467 g/mol. The van der Waals surface area contributed by atoms with Crippen molar-refractivity contribution >= 4 is 27.3 Å². The molecule has 2 aromatic rings. The Morgan fingerprint density at radius 3 is 2.71 bits per heavy atom. The number of aromatic nitrogens is 2. The van der Waals surface area contributed by atoms with Crippen molar-refractivity contribution in [2.75, 3.05) is 45.8 Å². The van der Waals surface area contributed by atoms with E-state index < -0.39 is 10.0 Å². The largest absolute Gasteiger partial charge is 0.340 e. The summed E-state index contributed by atoms with van der Waals surface area (Å²) in [5.74, 6) is 0.619. The molecule has 0 spiro atoms. The standard InChI is InChI=1S/C20H29N5O4S2/c1-3-6-23-8-10-24(11-9-23)20(26)16-5-4-7-25(13-16)31(27,28)18-12-17(14-30-18)19-21-15(2)29-22-19/h12,14,16H,3-11,13H2,1-2H3/t16-/m0/s1. The number of piperidine rings is 1. The topological polar surface area (TPSA) is 99.8 Å². The molecule has 1 amide bonds. The van der Waals surface area contributed by atoms with E-state index in [0.29, 0.717) is 30.2 Å². The minimum atomic E-state index is -3.67. The van der Waals surface area contributed by atoms with Gasteiger partial charge in [0.05, 0.1) is 5.92 Å². The van der Waals surface area contributed by atoms with Crippen molar-refractivity contribution in [3.8, 4) is 11.4 Å². The van der Waals surface area contributed by atoms with Crippen LogP contribution in [0.15, 0.2) is 20.2 Å². The van der Waals surface area contributed by atoms with Gasteiger partial charge in [-0.3, -0.25) is 9.69 Å². The Bertz CT molecular complexity index is 1010. The van der Waals surface area contributed by atoms with Gasteiger partial charge in [0.25, 0.3) is 10.0 Å². The smallest absolute Gasteiger partial charge is 0.252 e. The average Bonchev–Trinajstić information content (AvgIpc) is 3.44. The summed E-state index contributed by atoms with van der Waals surface area (Å²) in [4.78, 5) is 21.5. The Labute approximate surface area is 187 Å². The number of sulfonamides is 1. The second kappa shape index (κ2) is 9.35. The molecule has 170 valence electrons. The van der Waals surface area contributed by atoms with Crippen molar-refractivity contribution < 1.29 is 17.7 Å². The van der Waals surface area contributed by atoms with Gasteiger partial charge in [-0.2, -0.15) is 9.29 Å². The third-order valence-electron chi connectivity index (χ3n) is 5.91.